The molecule has 0 aromatic carbocycles. The van der Waals surface area contributed by atoms with Crippen LogP contribution in [0.4, 0.5) is 4.39 Å². The first-order valence-electron chi connectivity index (χ1n) is 5.64. The molecule has 0 spiro atoms. The largest absolute Gasteiger partial charge is 0.360 e. The number of nitrogens with zero attached hydrogens (tertiary/aromatic N) is 2. The van der Waals surface area contributed by atoms with Gasteiger partial charge in [-0.25, -0.2) is 4.39 Å². The molecule has 4 nitrogen and oxygen atoms in total. The van der Waals surface area contributed by atoms with Crippen molar-refractivity contribution in [2.24, 2.45) is 0 Å². The Morgan fingerprint density at radius 1 is 1.69 bits per heavy atom. The molecule has 16 heavy (non-hydrogen) atoms. The second kappa shape index (κ2) is 4.93. The number of hydrogen-bond donors (Lipinski definition) is 1. The number of rotatable bonds is 4. The summed E-state index contributed by atoms with van der Waals surface area (Å²) in [5.74, 6) is 0.813. The Balaban J connectivity index is 1.97. The summed E-state index contributed by atoms with van der Waals surface area (Å²) in [6.07, 6.45) is -0.115. The van der Waals surface area contributed by atoms with Crippen LogP contribution in [0.1, 0.15) is 17.9 Å². The summed E-state index contributed by atoms with van der Waals surface area (Å²) in [5.41, 5.74) is 0.871. The van der Waals surface area contributed by atoms with Crippen LogP contribution in [0.2, 0.25) is 0 Å². The van der Waals surface area contributed by atoms with Gasteiger partial charge in [-0.1, -0.05) is 5.16 Å². The van der Waals surface area contributed by atoms with Crippen molar-refractivity contribution in [1.29, 1.82) is 0 Å². The first-order valence-corrected chi connectivity index (χ1v) is 5.64. The van der Waals surface area contributed by atoms with Crippen LogP contribution in [0.5, 0.6) is 0 Å². The predicted molar refractivity (Wildman–Crippen MR) is 58.9 cm³/mol. The van der Waals surface area contributed by atoms with Crippen LogP contribution < -0.4 is 5.32 Å². The van der Waals surface area contributed by atoms with Crippen LogP contribution in [-0.2, 0) is 6.54 Å². The number of alkyl halides is 1. The van der Waals surface area contributed by atoms with E-state index in [9.17, 15) is 4.39 Å². The normalized spacial score (nSPS) is 26.4. The molecule has 0 amide bonds. The van der Waals surface area contributed by atoms with Crippen LogP contribution >= 0.6 is 0 Å². The van der Waals surface area contributed by atoms with Crippen LogP contribution in [-0.4, -0.2) is 42.4 Å². The molecule has 5 heteroatoms. The Labute approximate surface area is 94.8 Å². The average Bonchev–Trinajstić information content (AvgIpc) is 2.76. The topological polar surface area (TPSA) is 41.3 Å². The minimum atomic E-state index is -0.720. The lowest BCUT2D eigenvalue weighted by Crippen LogP contribution is -2.36. The zero-order valence-corrected chi connectivity index (χ0v) is 9.74. The number of aromatic nitrogens is 1. The SMILES string of the molecule is CNC[C@H]1C[C@@H](F)CN1Cc1cc(C)no1. The molecule has 2 rings (SSSR count). The van der Waals surface area contributed by atoms with Gasteiger partial charge >= 0.3 is 0 Å². The molecular formula is C11H18FN3O. The third-order valence-corrected chi connectivity index (χ3v) is 2.95. The minimum absolute atomic E-state index is 0.255. The molecule has 1 aliphatic rings. The van der Waals surface area contributed by atoms with E-state index in [0.717, 1.165) is 18.0 Å². The summed E-state index contributed by atoms with van der Waals surface area (Å²) < 4.78 is 18.5. The highest BCUT2D eigenvalue weighted by molar-refractivity contribution is 5.04. The Bertz CT molecular complexity index is 342. The van der Waals surface area contributed by atoms with Crippen LogP contribution in [0, 0.1) is 6.92 Å². The molecule has 0 aliphatic carbocycles. The predicted octanol–water partition coefficient (Wildman–Crippen LogP) is 1.11. The molecule has 0 bridgehead atoms. The van der Waals surface area contributed by atoms with Gasteiger partial charge in [0.05, 0.1) is 12.2 Å². The highest BCUT2D eigenvalue weighted by Gasteiger charge is 2.32. The third kappa shape index (κ3) is 2.59. The molecule has 1 aromatic rings. The molecule has 1 aromatic heterocycles. The van der Waals surface area contributed by atoms with Gasteiger partial charge in [0.15, 0.2) is 5.76 Å². The summed E-state index contributed by atoms with van der Waals surface area (Å²) in [6.45, 7) is 3.84. The zero-order valence-electron chi connectivity index (χ0n) is 9.74. The zero-order chi connectivity index (χ0) is 11.5. The fourth-order valence-corrected chi connectivity index (χ4v) is 2.26. The maximum Gasteiger partial charge on any atom is 0.150 e. The molecule has 1 aliphatic heterocycles. The van der Waals surface area contributed by atoms with Crippen molar-refractivity contribution in [3.8, 4) is 0 Å². The lowest BCUT2D eigenvalue weighted by atomic mass is 10.2. The molecule has 2 heterocycles. The third-order valence-electron chi connectivity index (χ3n) is 2.95. The fraction of sp³-hybridized carbons (Fsp3) is 0.727. The van der Waals surface area contributed by atoms with Gasteiger partial charge in [-0.2, -0.15) is 0 Å². The van der Waals surface area contributed by atoms with Crippen LogP contribution in [0.15, 0.2) is 10.6 Å². The summed E-state index contributed by atoms with van der Waals surface area (Å²) >= 11 is 0. The average molecular weight is 227 g/mol. The van der Waals surface area contributed by atoms with E-state index in [1.165, 1.54) is 0 Å². The van der Waals surface area contributed by atoms with Gasteiger partial charge in [-0.3, -0.25) is 4.90 Å². The van der Waals surface area contributed by atoms with Gasteiger partial charge < -0.3 is 9.84 Å². The first kappa shape index (κ1) is 11.5. The Morgan fingerprint density at radius 3 is 3.12 bits per heavy atom. The van der Waals surface area contributed by atoms with Crippen LogP contribution in [0.3, 0.4) is 0 Å². The molecule has 2 atom stereocenters. The van der Waals surface area contributed by atoms with Crippen molar-refractivity contribution < 1.29 is 8.91 Å². The number of hydrogen-bond acceptors (Lipinski definition) is 4. The van der Waals surface area contributed by atoms with Crippen molar-refractivity contribution >= 4 is 0 Å². The number of likely N-dealkylation sites (tertiary alicyclic amines) is 1. The quantitative estimate of drug-likeness (QED) is 0.836. The molecule has 0 radical (unpaired) electrons. The van der Waals surface area contributed by atoms with E-state index in [0.29, 0.717) is 19.5 Å². The number of likely N-dealkylation sites (N-methyl/N-ethyl adjacent to an activating group) is 1. The maximum absolute atomic E-state index is 13.3. The lowest BCUT2D eigenvalue weighted by molar-refractivity contribution is 0.206. The van der Waals surface area contributed by atoms with Gasteiger partial charge in [-0.05, 0) is 20.4 Å². The van der Waals surface area contributed by atoms with E-state index in [1.54, 1.807) is 0 Å². The Hall–Kier alpha value is -0.940. The Morgan fingerprint density at radius 2 is 2.50 bits per heavy atom. The molecule has 0 saturated carbocycles. The van der Waals surface area contributed by atoms with Gasteiger partial charge in [-0.15, -0.1) is 0 Å². The highest BCUT2D eigenvalue weighted by atomic mass is 19.1. The molecule has 1 saturated heterocycles. The maximum atomic E-state index is 13.3. The van der Waals surface area contributed by atoms with Gasteiger partial charge in [0.1, 0.15) is 6.17 Å². The molecular weight excluding hydrogens is 209 g/mol. The Kier molecular flexibility index (Phi) is 3.56. The molecule has 1 N–H and O–H groups in total. The summed E-state index contributed by atoms with van der Waals surface area (Å²) in [6, 6.07) is 2.16. The number of nitrogens with one attached hydrogen (secondary N) is 1. The van der Waals surface area contributed by atoms with Crippen molar-refractivity contribution in [1.82, 2.24) is 15.4 Å². The summed E-state index contributed by atoms with van der Waals surface area (Å²) in [5, 5.41) is 6.93. The van der Waals surface area contributed by atoms with Crippen LogP contribution in [0.25, 0.3) is 0 Å². The van der Waals surface area contributed by atoms with E-state index in [-0.39, 0.29) is 6.04 Å². The number of halogens is 1. The van der Waals surface area contributed by atoms with E-state index >= 15 is 0 Å². The minimum Gasteiger partial charge on any atom is -0.360 e. The van der Waals surface area contributed by atoms with Crippen molar-refractivity contribution in [3.63, 3.8) is 0 Å². The molecule has 90 valence electrons. The standard InChI is InChI=1S/C11H18FN3O/c1-8-3-11(16-14-8)7-15-6-9(12)4-10(15)5-13-2/h3,9-10,13H,4-7H2,1-2H3/t9-,10-/m1/s1. The van der Waals surface area contributed by atoms with E-state index in [2.05, 4.69) is 15.4 Å². The van der Waals surface area contributed by atoms with Gasteiger partial charge in [0.25, 0.3) is 0 Å². The van der Waals surface area contributed by atoms with Gasteiger partial charge in [0.2, 0.25) is 0 Å². The van der Waals surface area contributed by atoms with E-state index in [4.69, 9.17) is 4.52 Å². The van der Waals surface area contributed by atoms with Crippen molar-refractivity contribution in [2.75, 3.05) is 20.1 Å². The monoisotopic (exact) mass is 227 g/mol. The van der Waals surface area contributed by atoms with E-state index in [1.807, 2.05) is 20.0 Å². The van der Waals surface area contributed by atoms with Crippen molar-refractivity contribution in [3.05, 3.63) is 17.5 Å². The van der Waals surface area contributed by atoms with Crippen molar-refractivity contribution in [2.45, 2.75) is 32.1 Å². The smallest absolute Gasteiger partial charge is 0.150 e. The lowest BCUT2D eigenvalue weighted by Gasteiger charge is -2.22. The van der Waals surface area contributed by atoms with Gasteiger partial charge in [0, 0.05) is 25.2 Å². The summed E-state index contributed by atoms with van der Waals surface area (Å²) in [7, 11) is 1.89. The second-order valence-corrected chi connectivity index (χ2v) is 4.41. The second-order valence-electron chi connectivity index (χ2n) is 4.41. The number of aryl methyl sites for hydroxylation is 1. The first-order chi connectivity index (χ1) is 7.69. The van der Waals surface area contributed by atoms with E-state index < -0.39 is 6.17 Å². The molecule has 0 unspecified atom stereocenters. The molecule has 1 fully saturated rings. The summed E-state index contributed by atoms with van der Waals surface area (Å²) in [4.78, 5) is 2.11. The fourth-order valence-electron chi connectivity index (χ4n) is 2.26. The highest BCUT2D eigenvalue weighted by Crippen LogP contribution is 2.22.